The molecule has 1 aromatic rings. The van der Waals surface area contributed by atoms with Crippen molar-refractivity contribution in [2.24, 2.45) is 0 Å². The molecule has 3 nitrogen and oxygen atoms in total. The molecule has 88 valence electrons. The van der Waals surface area contributed by atoms with Crippen molar-refractivity contribution in [1.29, 1.82) is 0 Å². The standard InChI is InChI=1S/C13H21N3/c1-13(2,3)10-11(14)16(9-6-7-9)12(15-10)8-4-5-8/h8-9H,4-7,14H2,1-3H3. The van der Waals surface area contributed by atoms with Gasteiger partial charge in [0.25, 0.3) is 0 Å². The monoisotopic (exact) mass is 219 g/mol. The maximum atomic E-state index is 6.30. The van der Waals surface area contributed by atoms with Gasteiger partial charge >= 0.3 is 0 Å². The van der Waals surface area contributed by atoms with E-state index in [9.17, 15) is 0 Å². The van der Waals surface area contributed by atoms with Gasteiger partial charge in [-0.05, 0) is 25.7 Å². The molecule has 3 heteroatoms. The van der Waals surface area contributed by atoms with Gasteiger partial charge in [0.15, 0.2) is 0 Å². The number of hydrogen-bond acceptors (Lipinski definition) is 2. The number of aromatic nitrogens is 2. The van der Waals surface area contributed by atoms with Gasteiger partial charge in [-0.1, -0.05) is 20.8 Å². The molecule has 2 N–H and O–H groups in total. The fraction of sp³-hybridized carbons (Fsp3) is 0.769. The van der Waals surface area contributed by atoms with Crippen molar-refractivity contribution in [2.75, 3.05) is 5.73 Å². The molecule has 2 aliphatic carbocycles. The van der Waals surface area contributed by atoms with E-state index in [1.54, 1.807) is 0 Å². The first kappa shape index (κ1) is 10.2. The third kappa shape index (κ3) is 1.53. The highest BCUT2D eigenvalue weighted by atomic mass is 15.2. The van der Waals surface area contributed by atoms with Gasteiger partial charge < -0.3 is 10.3 Å². The fourth-order valence-corrected chi connectivity index (χ4v) is 2.36. The quantitative estimate of drug-likeness (QED) is 0.831. The van der Waals surface area contributed by atoms with Gasteiger partial charge in [-0.25, -0.2) is 4.98 Å². The minimum absolute atomic E-state index is 0.0634. The molecule has 0 spiro atoms. The summed E-state index contributed by atoms with van der Waals surface area (Å²) in [7, 11) is 0. The van der Waals surface area contributed by atoms with Gasteiger partial charge in [0.1, 0.15) is 11.6 Å². The second-order valence-corrected chi connectivity index (χ2v) is 6.33. The molecule has 16 heavy (non-hydrogen) atoms. The number of nitrogens with two attached hydrogens (primary N) is 1. The molecule has 1 aromatic heterocycles. The summed E-state index contributed by atoms with van der Waals surface area (Å²) in [5.41, 5.74) is 7.46. The zero-order valence-electron chi connectivity index (χ0n) is 10.5. The van der Waals surface area contributed by atoms with E-state index in [1.807, 2.05) is 0 Å². The molecule has 2 fully saturated rings. The molecule has 0 atom stereocenters. The average Bonchev–Trinajstić information content (AvgIpc) is 3.03. The van der Waals surface area contributed by atoms with Gasteiger partial charge in [0.2, 0.25) is 0 Å². The first-order valence-electron chi connectivity index (χ1n) is 6.36. The molecular weight excluding hydrogens is 198 g/mol. The Hall–Kier alpha value is -0.990. The highest BCUT2D eigenvalue weighted by Crippen LogP contribution is 2.47. The summed E-state index contributed by atoms with van der Waals surface area (Å²) in [6.07, 6.45) is 5.16. The lowest BCUT2D eigenvalue weighted by Crippen LogP contribution is -2.15. The Morgan fingerprint density at radius 2 is 1.81 bits per heavy atom. The summed E-state index contributed by atoms with van der Waals surface area (Å²) in [4.78, 5) is 4.84. The predicted molar refractivity (Wildman–Crippen MR) is 65.6 cm³/mol. The van der Waals surface area contributed by atoms with E-state index in [1.165, 1.54) is 31.5 Å². The van der Waals surface area contributed by atoms with E-state index in [4.69, 9.17) is 10.7 Å². The molecule has 0 unspecified atom stereocenters. The van der Waals surface area contributed by atoms with E-state index in [0.29, 0.717) is 12.0 Å². The van der Waals surface area contributed by atoms with Crippen molar-refractivity contribution < 1.29 is 0 Å². The van der Waals surface area contributed by atoms with Gasteiger partial charge in [0.05, 0.1) is 5.69 Å². The van der Waals surface area contributed by atoms with Crippen molar-refractivity contribution in [2.45, 2.75) is 63.8 Å². The van der Waals surface area contributed by atoms with Gasteiger partial charge in [-0.3, -0.25) is 0 Å². The van der Waals surface area contributed by atoms with Crippen LogP contribution in [0, 0.1) is 0 Å². The van der Waals surface area contributed by atoms with Crippen LogP contribution in [0.5, 0.6) is 0 Å². The highest BCUT2D eigenvalue weighted by Gasteiger charge is 2.38. The van der Waals surface area contributed by atoms with E-state index < -0.39 is 0 Å². The molecule has 2 saturated carbocycles. The van der Waals surface area contributed by atoms with E-state index in [-0.39, 0.29) is 5.41 Å². The Labute approximate surface area is 97.0 Å². The molecule has 2 aliphatic rings. The number of rotatable bonds is 2. The van der Waals surface area contributed by atoms with Crippen LogP contribution in [0.1, 0.15) is 69.9 Å². The Balaban J connectivity index is 2.10. The van der Waals surface area contributed by atoms with Crippen LogP contribution in [0.25, 0.3) is 0 Å². The SMILES string of the molecule is CC(C)(C)c1nc(C2CC2)n(C2CC2)c1N. The zero-order chi connectivity index (χ0) is 11.5. The Bertz CT molecular complexity index is 417. The lowest BCUT2D eigenvalue weighted by Gasteiger charge is -2.16. The third-order valence-electron chi connectivity index (χ3n) is 3.54. The van der Waals surface area contributed by atoms with Crippen LogP contribution in [0.3, 0.4) is 0 Å². The normalized spacial score (nSPS) is 21.4. The summed E-state index contributed by atoms with van der Waals surface area (Å²) in [6, 6.07) is 0.652. The number of anilines is 1. The largest absolute Gasteiger partial charge is 0.384 e. The number of nitrogen functional groups attached to an aromatic ring is 1. The maximum Gasteiger partial charge on any atom is 0.127 e. The second kappa shape index (κ2) is 3.02. The molecule has 0 aromatic carbocycles. The first-order valence-corrected chi connectivity index (χ1v) is 6.36. The van der Waals surface area contributed by atoms with Crippen LogP contribution in [0.15, 0.2) is 0 Å². The van der Waals surface area contributed by atoms with Crippen LogP contribution in [0.2, 0.25) is 0 Å². The van der Waals surface area contributed by atoms with Crippen LogP contribution in [-0.4, -0.2) is 9.55 Å². The molecule has 0 aliphatic heterocycles. The molecule has 0 bridgehead atoms. The lowest BCUT2D eigenvalue weighted by molar-refractivity contribution is 0.573. The Morgan fingerprint density at radius 1 is 1.19 bits per heavy atom. The topological polar surface area (TPSA) is 43.8 Å². The van der Waals surface area contributed by atoms with E-state index in [0.717, 1.165) is 11.5 Å². The molecule has 1 heterocycles. The Kier molecular flexibility index (Phi) is 1.92. The highest BCUT2D eigenvalue weighted by molar-refractivity contribution is 5.44. The third-order valence-corrected chi connectivity index (χ3v) is 3.54. The van der Waals surface area contributed by atoms with E-state index in [2.05, 4.69) is 25.3 Å². The lowest BCUT2D eigenvalue weighted by atomic mass is 9.92. The maximum absolute atomic E-state index is 6.30. The van der Waals surface area contributed by atoms with Crippen molar-refractivity contribution in [3.63, 3.8) is 0 Å². The molecule has 0 amide bonds. The summed E-state index contributed by atoms with van der Waals surface area (Å²) in [5.74, 6) is 2.89. The average molecular weight is 219 g/mol. The summed E-state index contributed by atoms with van der Waals surface area (Å²) < 4.78 is 2.33. The fourth-order valence-electron chi connectivity index (χ4n) is 2.36. The zero-order valence-corrected chi connectivity index (χ0v) is 10.5. The van der Waals surface area contributed by atoms with Gasteiger partial charge in [-0.2, -0.15) is 0 Å². The first-order chi connectivity index (χ1) is 7.48. The van der Waals surface area contributed by atoms with Crippen LogP contribution in [0.4, 0.5) is 5.82 Å². The summed E-state index contributed by atoms with van der Waals surface area (Å²) in [6.45, 7) is 6.58. The van der Waals surface area contributed by atoms with Gasteiger partial charge in [-0.15, -0.1) is 0 Å². The number of hydrogen-bond donors (Lipinski definition) is 1. The molecule has 0 radical (unpaired) electrons. The number of nitrogens with zero attached hydrogens (tertiary/aromatic N) is 2. The van der Waals surface area contributed by atoms with Crippen molar-refractivity contribution in [3.8, 4) is 0 Å². The van der Waals surface area contributed by atoms with E-state index >= 15 is 0 Å². The second-order valence-electron chi connectivity index (χ2n) is 6.33. The van der Waals surface area contributed by atoms with Gasteiger partial charge in [0, 0.05) is 17.4 Å². The van der Waals surface area contributed by atoms with Crippen LogP contribution >= 0.6 is 0 Å². The molecule has 3 rings (SSSR count). The predicted octanol–water partition coefficient (Wildman–Crippen LogP) is 2.98. The van der Waals surface area contributed by atoms with Crippen molar-refractivity contribution in [1.82, 2.24) is 9.55 Å². The minimum atomic E-state index is 0.0634. The Morgan fingerprint density at radius 3 is 2.25 bits per heavy atom. The molecule has 0 saturated heterocycles. The van der Waals surface area contributed by atoms with Crippen molar-refractivity contribution >= 4 is 5.82 Å². The molecular formula is C13H21N3. The van der Waals surface area contributed by atoms with Crippen LogP contribution < -0.4 is 5.73 Å². The smallest absolute Gasteiger partial charge is 0.127 e. The minimum Gasteiger partial charge on any atom is -0.384 e. The van der Waals surface area contributed by atoms with Crippen molar-refractivity contribution in [3.05, 3.63) is 11.5 Å². The number of imidazole rings is 1. The van der Waals surface area contributed by atoms with Crippen LogP contribution in [-0.2, 0) is 5.41 Å². The summed E-state index contributed by atoms with van der Waals surface area (Å²) >= 11 is 0. The summed E-state index contributed by atoms with van der Waals surface area (Å²) in [5, 5.41) is 0.